The number of aromatic nitrogens is 2. The number of aromatic amines is 1. The molecular formula is C14H17N3O. The molecule has 94 valence electrons. The number of nitrogens with zero attached hydrogens (tertiary/aromatic N) is 2. The number of benzene rings is 1. The Morgan fingerprint density at radius 2 is 2.11 bits per heavy atom. The zero-order chi connectivity index (χ0) is 12.8. The molecule has 18 heavy (non-hydrogen) atoms. The summed E-state index contributed by atoms with van der Waals surface area (Å²) >= 11 is 0. The molecule has 1 aromatic carbocycles. The molecule has 0 radical (unpaired) electrons. The van der Waals surface area contributed by atoms with E-state index in [2.05, 4.69) is 9.97 Å². The summed E-state index contributed by atoms with van der Waals surface area (Å²) in [6.45, 7) is 0.655. The fourth-order valence-corrected chi connectivity index (χ4v) is 1.80. The summed E-state index contributed by atoms with van der Waals surface area (Å²) in [4.78, 5) is 20.6. The molecule has 1 N–H and O–H groups in total. The Morgan fingerprint density at radius 3 is 2.78 bits per heavy atom. The number of hydrogen-bond donors (Lipinski definition) is 1. The van der Waals surface area contributed by atoms with Crippen LogP contribution in [0.5, 0.6) is 0 Å². The zero-order valence-electron chi connectivity index (χ0n) is 10.5. The van der Waals surface area contributed by atoms with Gasteiger partial charge in [-0.25, -0.2) is 4.98 Å². The van der Waals surface area contributed by atoms with Gasteiger partial charge in [-0.05, 0) is 12.0 Å². The van der Waals surface area contributed by atoms with Crippen molar-refractivity contribution in [2.75, 3.05) is 7.05 Å². The molecular weight excluding hydrogens is 226 g/mol. The van der Waals surface area contributed by atoms with E-state index < -0.39 is 0 Å². The minimum atomic E-state index is 0.147. The average molecular weight is 243 g/mol. The van der Waals surface area contributed by atoms with Crippen molar-refractivity contribution in [1.82, 2.24) is 14.9 Å². The molecule has 2 aromatic rings. The van der Waals surface area contributed by atoms with E-state index in [0.717, 1.165) is 11.3 Å². The number of imidazole rings is 1. The van der Waals surface area contributed by atoms with Crippen molar-refractivity contribution in [2.24, 2.45) is 0 Å². The Labute approximate surface area is 107 Å². The van der Waals surface area contributed by atoms with Crippen molar-refractivity contribution >= 4 is 5.91 Å². The van der Waals surface area contributed by atoms with Crippen LogP contribution in [0.15, 0.2) is 42.9 Å². The molecule has 0 saturated carbocycles. The Balaban J connectivity index is 1.82. The lowest BCUT2D eigenvalue weighted by atomic mass is 10.2. The van der Waals surface area contributed by atoms with Crippen LogP contribution in [0.3, 0.4) is 0 Å². The lowest BCUT2D eigenvalue weighted by Gasteiger charge is -2.17. The van der Waals surface area contributed by atoms with Crippen LogP contribution in [0.1, 0.15) is 17.7 Å². The predicted octanol–water partition coefficient (Wildman–Crippen LogP) is 2.00. The third kappa shape index (κ3) is 3.45. The van der Waals surface area contributed by atoms with Gasteiger partial charge < -0.3 is 9.88 Å². The summed E-state index contributed by atoms with van der Waals surface area (Å²) in [5, 5.41) is 0. The first kappa shape index (κ1) is 12.4. The fraction of sp³-hybridized carbons (Fsp3) is 0.286. The molecule has 0 aliphatic carbocycles. The number of carbonyl (C=O) groups excluding carboxylic acids is 1. The standard InChI is InChI=1S/C14H17N3O/c1-17(10-12-5-3-2-4-6-12)14(18)8-7-13-9-15-11-16-13/h2-6,9,11H,7-8,10H2,1H3,(H,15,16). The Morgan fingerprint density at radius 1 is 1.33 bits per heavy atom. The maximum absolute atomic E-state index is 11.9. The van der Waals surface area contributed by atoms with E-state index in [4.69, 9.17) is 0 Å². The molecule has 0 spiro atoms. The number of carbonyl (C=O) groups is 1. The highest BCUT2D eigenvalue weighted by Crippen LogP contribution is 2.05. The van der Waals surface area contributed by atoms with E-state index in [0.29, 0.717) is 19.4 Å². The van der Waals surface area contributed by atoms with Crippen LogP contribution >= 0.6 is 0 Å². The molecule has 1 aromatic heterocycles. The van der Waals surface area contributed by atoms with Gasteiger partial charge >= 0.3 is 0 Å². The monoisotopic (exact) mass is 243 g/mol. The number of rotatable bonds is 5. The predicted molar refractivity (Wildman–Crippen MR) is 69.8 cm³/mol. The normalized spacial score (nSPS) is 10.3. The van der Waals surface area contributed by atoms with Crippen LogP contribution in [0.4, 0.5) is 0 Å². The van der Waals surface area contributed by atoms with Gasteiger partial charge in [-0.3, -0.25) is 4.79 Å². The van der Waals surface area contributed by atoms with Crippen LogP contribution in [0, 0.1) is 0 Å². The van der Waals surface area contributed by atoms with Crippen molar-refractivity contribution in [3.8, 4) is 0 Å². The number of amides is 1. The first-order valence-corrected chi connectivity index (χ1v) is 6.01. The third-order valence-electron chi connectivity index (χ3n) is 2.85. The van der Waals surface area contributed by atoms with Crippen molar-refractivity contribution in [2.45, 2.75) is 19.4 Å². The summed E-state index contributed by atoms with van der Waals surface area (Å²) in [7, 11) is 1.84. The minimum Gasteiger partial charge on any atom is -0.348 e. The third-order valence-corrected chi connectivity index (χ3v) is 2.85. The molecule has 0 aliphatic heterocycles. The average Bonchev–Trinajstić information content (AvgIpc) is 2.90. The second kappa shape index (κ2) is 6.00. The fourth-order valence-electron chi connectivity index (χ4n) is 1.80. The quantitative estimate of drug-likeness (QED) is 0.873. The van der Waals surface area contributed by atoms with Crippen molar-refractivity contribution < 1.29 is 4.79 Å². The molecule has 0 aliphatic rings. The molecule has 0 atom stereocenters. The first-order chi connectivity index (χ1) is 8.75. The number of aryl methyl sites for hydroxylation is 1. The number of nitrogens with one attached hydrogen (secondary N) is 1. The molecule has 4 nitrogen and oxygen atoms in total. The molecule has 4 heteroatoms. The van der Waals surface area contributed by atoms with Gasteiger partial charge in [-0.1, -0.05) is 30.3 Å². The van der Waals surface area contributed by atoms with Gasteiger partial charge in [-0.15, -0.1) is 0 Å². The van der Waals surface area contributed by atoms with Crippen LogP contribution in [0.2, 0.25) is 0 Å². The van der Waals surface area contributed by atoms with Crippen molar-refractivity contribution in [1.29, 1.82) is 0 Å². The summed E-state index contributed by atoms with van der Waals surface area (Å²) in [6, 6.07) is 10.00. The van der Waals surface area contributed by atoms with Crippen LogP contribution in [-0.4, -0.2) is 27.8 Å². The zero-order valence-corrected chi connectivity index (χ0v) is 10.5. The van der Waals surface area contributed by atoms with Gasteiger partial charge in [0.1, 0.15) is 0 Å². The maximum atomic E-state index is 11.9. The molecule has 0 unspecified atom stereocenters. The minimum absolute atomic E-state index is 0.147. The molecule has 0 fully saturated rings. The van der Waals surface area contributed by atoms with Gasteiger partial charge in [0.2, 0.25) is 5.91 Å². The van der Waals surface area contributed by atoms with Crippen LogP contribution in [-0.2, 0) is 17.8 Å². The van der Waals surface area contributed by atoms with Crippen LogP contribution in [0.25, 0.3) is 0 Å². The van der Waals surface area contributed by atoms with E-state index in [9.17, 15) is 4.79 Å². The Kier molecular flexibility index (Phi) is 4.12. The number of H-pyrrole nitrogens is 1. The van der Waals surface area contributed by atoms with E-state index in [1.165, 1.54) is 0 Å². The van der Waals surface area contributed by atoms with E-state index >= 15 is 0 Å². The first-order valence-electron chi connectivity index (χ1n) is 6.01. The SMILES string of the molecule is CN(Cc1ccccc1)C(=O)CCc1cnc[nH]1. The lowest BCUT2D eigenvalue weighted by molar-refractivity contribution is -0.130. The molecule has 0 saturated heterocycles. The van der Waals surface area contributed by atoms with Crippen molar-refractivity contribution in [3.05, 3.63) is 54.1 Å². The second-order valence-electron chi connectivity index (χ2n) is 4.31. The highest BCUT2D eigenvalue weighted by molar-refractivity contribution is 5.76. The summed E-state index contributed by atoms with van der Waals surface area (Å²) in [5.74, 6) is 0.147. The van der Waals surface area contributed by atoms with E-state index in [1.807, 2.05) is 37.4 Å². The molecule has 1 heterocycles. The van der Waals surface area contributed by atoms with Crippen molar-refractivity contribution in [3.63, 3.8) is 0 Å². The maximum Gasteiger partial charge on any atom is 0.223 e. The van der Waals surface area contributed by atoms with Gasteiger partial charge in [0, 0.05) is 31.9 Å². The highest BCUT2D eigenvalue weighted by atomic mass is 16.2. The molecule has 2 rings (SSSR count). The smallest absolute Gasteiger partial charge is 0.223 e. The molecule has 1 amide bonds. The number of hydrogen-bond acceptors (Lipinski definition) is 2. The Bertz CT molecular complexity index is 479. The topological polar surface area (TPSA) is 49.0 Å². The van der Waals surface area contributed by atoms with Gasteiger partial charge in [-0.2, -0.15) is 0 Å². The van der Waals surface area contributed by atoms with E-state index in [-0.39, 0.29) is 5.91 Å². The van der Waals surface area contributed by atoms with E-state index in [1.54, 1.807) is 17.4 Å². The molecule has 0 bridgehead atoms. The van der Waals surface area contributed by atoms with Gasteiger partial charge in [0.25, 0.3) is 0 Å². The lowest BCUT2D eigenvalue weighted by Crippen LogP contribution is -2.26. The summed E-state index contributed by atoms with van der Waals surface area (Å²) in [5.41, 5.74) is 2.14. The second-order valence-corrected chi connectivity index (χ2v) is 4.31. The largest absolute Gasteiger partial charge is 0.348 e. The van der Waals surface area contributed by atoms with Gasteiger partial charge in [0.15, 0.2) is 0 Å². The van der Waals surface area contributed by atoms with Crippen LogP contribution < -0.4 is 0 Å². The summed E-state index contributed by atoms with van der Waals surface area (Å²) in [6.07, 6.45) is 4.60. The van der Waals surface area contributed by atoms with Gasteiger partial charge in [0.05, 0.1) is 6.33 Å². The summed E-state index contributed by atoms with van der Waals surface area (Å²) < 4.78 is 0. The highest BCUT2D eigenvalue weighted by Gasteiger charge is 2.09. The Hall–Kier alpha value is -2.10.